The van der Waals surface area contributed by atoms with Gasteiger partial charge in [0.25, 0.3) is 5.91 Å². The maximum Gasteiger partial charge on any atom is 0.253 e. The Morgan fingerprint density at radius 2 is 1.76 bits per heavy atom. The van der Waals surface area contributed by atoms with Crippen molar-refractivity contribution in [1.29, 1.82) is 0 Å². The van der Waals surface area contributed by atoms with E-state index in [9.17, 15) is 9.59 Å². The average Bonchev–Trinajstić information content (AvgIpc) is 2.40. The number of aldehydes is 1. The first-order valence-corrected chi connectivity index (χ1v) is 5.81. The maximum atomic E-state index is 12.1. The van der Waals surface area contributed by atoms with E-state index in [0.717, 1.165) is 24.9 Å². The van der Waals surface area contributed by atoms with Crippen LogP contribution in [0.2, 0.25) is 0 Å². The Labute approximate surface area is 101 Å². The zero-order valence-electron chi connectivity index (χ0n) is 9.71. The lowest BCUT2D eigenvalue weighted by atomic mass is 10.2. The van der Waals surface area contributed by atoms with Gasteiger partial charge in [-0.2, -0.15) is 0 Å². The van der Waals surface area contributed by atoms with Gasteiger partial charge >= 0.3 is 0 Å². The third-order valence-corrected chi connectivity index (χ3v) is 3.01. The highest BCUT2D eigenvalue weighted by atomic mass is 16.2. The van der Waals surface area contributed by atoms with Crippen molar-refractivity contribution in [3.63, 3.8) is 0 Å². The van der Waals surface area contributed by atoms with Crippen LogP contribution in [0.1, 0.15) is 10.4 Å². The van der Waals surface area contributed by atoms with Crippen LogP contribution in [0.4, 0.5) is 0 Å². The molecule has 4 nitrogen and oxygen atoms in total. The molecule has 0 bridgehead atoms. The summed E-state index contributed by atoms with van der Waals surface area (Å²) in [6.07, 6.45) is 0.911. The lowest BCUT2D eigenvalue weighted by molar-refractivity contribution is -0.109. The van der Waals surface area contributed by atoms with Crippen molar-refractivity contribution in [2.45, 2.75) is 0 Å². The predicted octanol–water partition coefficient (Wildman–Crippen LogP) is 0.643. The largest absolute Gasteiger partial charge is 0.336 e. The van der Waals surface area contributed by atoms with Crippen molar-refractivity contribution in [3.05, 3.63) is 35.9 Å². The molecular weight excluding hydrogens is 216 g/mol. The van der Waals surface area contributed by atoms with Gasteiger partial charge in [-0.1, -0.05) is 18.2 Å². The number of amides is 1. The minimum Gasteiger partial charge on any atom is -0.336 e. The number of carbonyl (C=O) groups excluding carboxylic acids is 2. The standard InChI is InChI=1S/C13H16N2O2/c16-11-10-14-6-8-15(9-7-14)13(17)12-4-2-1-3-5-12/h1-5,11H,6-10H2. The fraction of sp³-hybridized carbons (Fsp3) is 0.385. The lowest BCUT2D eigenvalue weighted by Gasteiger charge is -2.33. The zero-order valence-corrected chi connectivity index (χ0v) is 9.71. The third-order valence-electron chi connectivity index (χ3n) is 3.01. The Kier molecular flexibility index (Phi) is 3.88. The second-order valence-electron chi connectivity index (χ2n) is 4.13. The second-order valence-corrected chi connectivity index (χ2v) is 4.13. The molecule has 0 N–H and O–H groups in total. The Balaban J connectivity index is 1.93. The van der Waals surface area contributed by atoms with Crippen LogP contribution in [0.3, 0.4) is 0 Å². The van der Waals surface area contributed by atoms with Crippen molar-refractivity contribution in [1.82, 2.24) is 9.80 Å². The number of piperazine rings is 1. The second kappa shape index (κ2) is 5.59. The van der Waals surface area contributed by atoms with Crippen LogP contribution in [0.25, 0.3) is 0 Å². The number of carbonyl (C=O) groups is 2. The van der Waals surface area contributed by atoms with Gasteiger partial charge in [-0.05, 0) is 12.1 Å². The zero-order chi connectivity index (χ0) is 12.1. The molecule has 0 saturated carbocycles. The SMILES string of the molecule is O=CCN1CCN(C(=O)c2ccccc2)CC1. The van der Waals surface area contributed by atoms with Gasteiger partial charge in [0.2, 0.25) is 0 Å². The quantitative estimate of drug-likeness (QED) is 0.718. The fourth-order valence-electron chi connectivity index (χ4n) is 2.00. The van der Waals surface area contributed by atoms with Gasteiger partial charge in [0.15, 0.2) is 0 Å². The Bertz CT molecular complexity index is 384. The molecule has 0 spiro atoms. The number of hydrogen-bond donors (Lipinski definition) is 0. The van der Waals surface area contributed by atoms with Gasteiger partial charge in [0, 0.05) is 31.7 Å². The van der Waals surface area contributed by atoms with Crippen LogP contribution in [0, 0.1) is 0 Å². The van der Waals surface area contributed by atoms with E-state index in [2.05, 4.69) is 4.90 Å². The van der Waals surface area contributed by atoms with Crippen LogP contribution in [-0.4, -0.2) is 54.7 Å². The third kappa shape index (κ3) is 2.91. The highest BCUT2D eigenvalue weighted by molar-refractivity contribution is 5.94. The predicted molar refractivity (Wildman–Crippen MR) is 64.8 cm³/mol. The van der Waals surface area contributed by atoms with E-state index in [1.165, 1.54) is 0 Å². The van der Waals surface area contributed by atoms with Crippen molar-refractivity contribution in [3.8, 4) is 0 Å². The molecule has 1 fully saturated rings. The lowest BCUT2D eigenvalue weighted by Crippen LogP contribution is -2.49. The molecule has 1 aromatic rings. The van der Waals surface area contributed by atoms with Gasteiger partial charge < -0.3 is 9.69 Å². The molecule has 0 unspecified atom stereocenters. The first kappa shape index (κ1) is 11.8. The van der Waals surface area contributed by atoms with Crippen LogP contribution >= 0.6 is 0 Å². The molecule has 4 heteroatoms. The first-order chi connectivity index (χ1) is 8.31. The summed E-state index contributed by atoms with van der Waals surface area (Å²) in [6.45, 7) is 3.41. The van der Waals surface area contributed by atoms with Crippen molar-refractivity contribution < 1.29 is 9.59 Å². The van der Waals surface area contributed by atoms with Gasteiger partial charge in [-0.3, -0.25) is 9.69 Å². The molecule has 90 valence electrons. The molecule has 17 heavy (non-hydrogen) atoms. The van der Waals surface area contributed by atoms with Crippen molar-refractivity contribution in [2.75, 3.05) is 32.7 Å². The topological polar surface area (TPSA) is 40.6 Å². The van der Waals surface area contributed by atoms with E-state index < -0.39 is 0 Å². The van der Waals surface area contributed by atoms with Gasteiger partial charge in [0.05, 0.1) is 6.54 Å². The molecule has 0 atom stereocenters. The van der Waals surface area contributed by atoms with Gasteiger partial charge in [0.1, 0.15) is 6.29 Å². The van der Waals surface area contributed by atoms with Crippen LogP contribution in [0.5, 0.6) is 0 Å². The Morgan fingerprint density at radius 3 is 2.35 bits per heavy atom. The summed E-state index contributed by atoms with van der Waals surface area (Å²) in [4.78, 5) is 26.4. The smallest absolute Gasteiger partial charge is 0.253 e. The van der Waals surface area contributed by atoms with Crippen molar-refractivity contribution >= 4 is 12.2 Å². The summed E-state index contributed by atoms with van der Waals surface area (Å²) in [5.41, 5.74) is 0.733. The normalized spacial score (nSPS) is 16.8. The van der Waals surface area contributed by atoms with Crippen LogP contribution in [0.15, 0.2) is 30.3 Å². The number of nitrogens with zero attached hydrogens (tertiary/aromatic N) is 2. The van der Waals surface area contributed by atoms with E-state index >= 15 is 0 Å². The molecule has 1 amide bonds. The average molecular weight is 232 g/mol. The fourth-order valence-corrected chi connectivity index (χ4v) is 2.00. The summed E-state index contributed by atoms with van der Waals surface area (Å²) in [6, 6.07) is 9.31. The highest BCUT2D eigenvalue weighted by Crippen LogP contribution is 2.08. The minimum absolute atomic E-state index is 0.0800. The molecule has 0 aliphatic carbocycles. The number of hydrogen-bond acceptors (Lipinski definition) is 3. The van der Waals surface area contributed by atoms with E-state index in [-0.39, 0.29) is 5.91 Å². The summed E-state index contributed by atoms with van der Waals surface area (Å²) < 4.78 is 0. The number of rotatable bonds is 3. The number of benzene rings is 1. The Morgan fingerprint density at radius 1 is 1.12 bits per heavy atom. The minimum atomic E-state index is 0.0800. The van der Waals surface area contributed by atoms with Gasteiger partial charge in [-0.15, -0.1) is 0 Å². The Hall–Kier alpha value is -1.68. The molecule has 2 rings (SSSR count). The summed E-state index contributed by atoms with van der Waals surface area (Å²) >= 11 is 0. The monoisotopic (exact) mass is 232 g/mol. The molecule has 0 aromatic heterocycles. The first-order valence-electron chi connectivity index (χ1n) is 5.81. The van der Waals surface area contributed by atoms with Crippen LogP contribution in [-0.2, 0) is 4.79 Å². The molecule has 1 saturated heterocycles. The summed E-state index contributed by atoms with van der Waals surface area (Å²) in [7, 11) is 0. The van der Waals surface area contributed by atoms with E-state index in [4.69, 9.17) is 0 Å². The summed E-state index contributed by atoms with van der Waals surface area (Å²) in [5.74, 6) is 0.0800. The van der Waals surface area contributed by atoms with Gasteiger partial charge in [-0.25, -0.2) is 0 Å². The van der Waals surface area contributed by atoms with E-state index in [0.29, 0.717) is 19.6 Å². The van der Waals surface area contributed by atoms with E-state index in [1.807, 2.05) is 35.2 Å². The molecule has 1 aliphatic heterocycles. The molecule has 1 heterocycles. The molecule has 0 radical (unpaired) electrons. The molecule has 1 aromatic carbocycles. The summed E-state index contributed by atoms with van der Waals surface area (Å²) in [5, 5.41) is 0. The van der Waals surface area contributed by atoms with Crippen molar-refractivity contribution in [2.24, 2.45) is 0 Å². The van der Waals surface area contributed by atoms with Crippen LogP contribution < -0.4 is 0 Å². The molecule has 1 aliphatic rings. The molecular formula is C13H16N2O2. The van der Waals surface area contributed by atoms with E-state index in [1.54, 1.807) is 0 Å². The highest BCUT2D eigenvalue weighted by Gasteiger charge is 2.21. The maximum absolute atomic E-state index is 12.1.